The van der Waals surface area contributed by atoms with Gasteiger partial charge in [0, 0.05) is 22.7 Å². The summed E-state index contributed by atoms with van der Waals surface area (Å²) in [6.45, 7) is 3.35. The number of hydrogen-bond acceptors (Lipinski definition) is 3. The van der Waals surface area contributed by atoms with E-state index in [9.17, 15) is 22.4 Å². The van der Waals surface area contributed by atoms with Crippen molar-refractivity contribution in [1.29, 1.82) is 0 Å². The SMILES string of the molecule is CC(C)(NC(=O)c1ccc2c(-c3ccccc3Cl)nn(-c3ccc(F)cc3)c2c1)c1ccc(C(F)(F)F)nc1. The molecule has 0 radical (unpaired) electrons. The zero-order valence-electron chi connectivity index (χ0n) is 20.7. The second-order valence-corrected chi connectivity index (χ2v) is 9.86. The summed E-state index contributed by atoms with van der Waals surface area (Å²) in [7, 11) is 0. The van der Waals surface area contributed by atoms with Gasteiger partial charge in [0.2, 0.25) is 0 Å². The molecule has 2 heterocycles. The number of nitrogens with one attached hydrogen (secondary N) is 1. The molecule has 5 nitrogen and oxygen atoms in total. The molecule has 198 valence electrons. The normalized spacial score (nSPS) is 12.1. The van der Waals surface area contributed by atoms with Crippen LogP contribution in [0, 0.1) is 5.82 Å². The molecule has 0 bridgehead atoms. The molecule has 0 aliphatic rings. The fraction of sp³-hybridized carbons (Fsp3) is 0.138. The molecule has 1 amide bonds. The van der Waals surface area contributed by atoms with Gasteiger partial charge in [0.05, 0.1) is 21.8 Å². The Hall–Kier alpha value is -4.24. The number of fused-ring (bicyclic) bond motifs is 1. The van der Waals surface area contributed by atoms with Crippen LogP contribution in [0.2, 0.25) is 5.02 Å². The summed E-state index contributed by atoms with van der Waals surface area (Å²) in [5, 5.41) is 8.83. The molecule has 0 spiro atoms. The number of pyridine rings is 1. The van der Waals surface area contributed by atoms with Crippen molar-refractivity contribution in [2.45, 2.75) is 25.6 Å². The zero-order chi connectivity index (χ0) is 27.9. The van der Waals surface area contributed by atoms with Crippen LogP contribution in [0.5, 0.6) is 0 Å². The maximum Gasteiger partial charge on any atom is 0.433 e. The standard InChI is InChI=1S/C29H21ClF4N4O/c1-28(2,18-8-14-25(35-16-18)29(32,33)34)36-27(39)17-7-13-22-24(15-17)38(20-11-9-19(31)10-12-20)37-26(22)21-5-3-4-6-23(21)30/h3-16H,1-2H3,(H,36,39). The molecule has 0 aliphatic carbocycles. The predicted octanol–water partition coefficient (Wildman–Crippen LogP) is 7.56. The summed E-state index contributed by atoms with van der Waals surface area (Å²) in [4.78, 5) is 16.8. The van der Waals surface area contributed by atoms with E-state index < -0.39 is 29.1 Å². The van der Waals surface area contributed by atoms with Gasteiger partial charge in [0.1, 0.15) is 17.2 Å². The van der Waals surface area contributed by atoms with Gasteiger partial charge in [-0.05, 0) is 74.0 Å². The molecule has 0 fully saturated rings. The fourth-order valence-corrected chi connectivity index (χ4v) is 4.47. The quantitative estimate of drug-likeness (QED) is 0.229. The smallest absolute Gasteiger partial charge is 0.343 e. The number of halogens is 5. The molecule has 0 unspecified atom stereocenters. The first-order valence-corrected chi connectivity index (χ1v) is 12.2. The van der Waals surface area contributed by atoms with Crippen molar-refractivity contribution in [3.63, 3.8) is 0 Å². The van der Waals surface area contributed by atoms with Crippen molar-refractivity contribution in [1.82, 2.24) is 20.1 Å². The minimum Gasteiger partial charge on any atom is -0.343 e. The number of nitrogens with zero attached hydrogens (tertiary/aromatic N) is 3. The topological polar surface area (TPSA) is 59.8 Å². The lowest BCUT2D eigenvalue weighted by molar-refractivity contribution is -0.141. The highest BCUT2D eigenvalue weighted by atomic mass is 35.5. The van der Waals surface area contributed by atoms with Crippen LogP contribution in [0.25, 0.3) is 27.8 Å². The van der Waals surface area contributed by atoms with Crippen molar-refractivity contribution < 1.29 is 22.4 Å². The number of rotatable bonds is 5. The van der Waals surface area contributed by atoms with Crippen molar-refractivity contribution in [2.24, 2.45) is 0 Å². The van der Waals surface area contributed by atoms with Crippen LogP contribution >= 0.6 is 11.6 Å². The van der Waals surface area contributed by atoms with Crippen molar-refractivity contribution in [2.75, 3.05) is 0 Å². The molecular weight excluding hydrogens is 532 g/mol. The van der Waals surface area contributed by atoms with Crippen LogP contribution in [-0.4, -0.2) is 20.7 Å². The molecule has 0 saturated heterocycles. The van der Waals surface area contributed by atoms with Crippen LogP contribution in [0.15, 0.2) is 85.1 Å². The minimum absolute atomic E-state index is 0.296. The van der Waals surface area contributed by atoms with Gasteiger partial charge in [0.15, 0.2) is 0 Å². The Labute approximate surface area is 226 Å². The van der Waals surface area contributed by atoms with E-state index in [0.29, 0.717) is 38.6 Å². The Bertz CT molecular complexity index is 1680. The Morgan fingerprint density at radius 3 is 2.31 bits per heavy atom. The Morgan fingerprint density at radius 1 is 0.949 bits per heavy atom. The van der Waals surface area contributed by atoms with Gasteiger partial charge >= 0.3 is 6.18 Å². The molecule has 0 aliphatic heterocycles. The number of benzene rings is 3. The predicted molar refractivity (Wildman–Crippen MR) is 141 cm³/mol. The fourth-order valence-electron chi connectivity index (χ4n) is 4.25. The first-order valence-electron chi connectivity index (χ1n) is 11.8. The molecule has 2 aromatic heterocycles. The van der Waals surface area contributed by atoms with E-state index in [4.69, 9.17) is 16.7 Å². The van der Waals surface area contributed by atoms with Crippen molar-refractivity contribution in [3.8, 4) is 16.9 Å². The van der Waals surface area contributed by atoms with Gasteiger partial charge in [-0.15, -0.1) is 0 Å². The lowest BCUT2D eigenvalue weighted by Gasteiger charge is -2.27. The number of aromatic nitrogens is 3. The summed E-state index contributed by atoms with van der Waals surface area (Å²) in [6.07, 6.45) is -3.45. The van der Waals surface area contributed by atoms with Gasteiger partial charge < -0.3 is 5.32 Å². The Morgan fingerprint density at radius 2 is 1.67 bits per heavy atom. The highest BCUT2D eigenvalue weighted by molar-refractivity contribution is 6.33. The summed E-state index contributed by atoms with van der Waals surface area (Å²) in [5.41, 5.74) is 1.10. The van der Waals surface area contributed by atoms with Crippen LogP contribution in [0.3, 0.4) is 0 Å². The van der Waals surface area contributed by atoms with Crippen LogP contribution in [0.1, 0.15) is 35.5 Å². The number of carbonyl (C=O) groups is 1. The van der Waals surface area contributed by atoms with Crippen molar-refractivity contribution >= 4 is 28.4 Å². The third kappa shape index (κ3) is 5.22. The average molecular weight is 553 g/mol. The molecule has 5 aromatic rings. The van der Waals surface area contributed by atoms with Gasteiger partial charge in [-0.1, -0.05) is 35.9 Å². The summed E-state index contributed by atoms with van der Waals surface area (Å²) in [6, 6.07) is 20.2. The summed E-state index contributed by atoms with van der Waals surface area (Å²) in [5.74, 6) is -0.852. The number of amides is 1. The van der Waals surface area contributed by atoms with Gasteiger partial charge in [-0.25, -0.2) is 9.07 Å². The maximum absolute atomic E-state index is 13.6. The first-order chi connectivity index (χ1) is 18.4. The van der Waals surface area contributed by atoms with Gasteiger partial charge in [-0.3, -0.25) is 9.78 Å². The molecule has 10 heteroatoms. The lowest BCUT2D eigenvalue weighted by atomic mass is 9.95. The van der Waals surface area contributed by atoms with Gasteiger partial charge in [0.25, 0.3) is 5.91 Å². The third-order valence-corrected chi connectivity index (χ3v) is 6.67. The van der Waals surface area contributed by atoms with Gasteiger partial charge in [-0.2, -0.15) is 18.3 Å². The van der Waals surface area contributed by atoms with E-state index in [1.807, 2.05) is 12.1 Å². The van der Waals surface area contributed by atoms with E-state index in [1.54, 1.807) is 61.0 Å². The zero-order valence-corrected chi connectivity index (χ0v) is 21.5. The summed E-state index contributed by atoms with van der Waals surface area (Å²) >= 11 is 6.45. The van der Waals surface area contributed by atoms with Crippen LogP contribution < -0.4 is 5.32 Å². The highest BCUT2D eigenvalue weighted by Crippen LogP contribution is 2.35. The summed E-state index contributed by atoms with van der Waals surface area (Å²) < 4.78 is 54.0. The van der Waals surface area contributed by atoms with E-state index in [-0.39, 0.29) is 0 Å². The maximum atomic E-state index is 13.6. The second-order valence-electron chi connectivity index (χ2n) is 9.46. The highest BCUT2D eigenvalue weighted by Gasteiger charge is 2.33. The molecule has 0 atom stereocenters. The molecule has 0 saturated carbocycles. The minimum atomic E-state index is -4.56. The first kappa shape index (κ1) is 26.4. The van der Waals surface area contributed by atoms with E-state index in [1.165, 1.54) is 18.2 Å². The Balaban J connectivity index is 1.54. The third-order valence-electron chi connectivity index (χ3n) is 6.35. The Kier molecular flexibility index (Phi) is 6.64. The molecular formula is C29H21ClF4N4O. The molecule has 39 heavy (non-hydrogen) atoms. The van der Waals surface area contributed by atoms with Crippen molar-refractivity contribution in [3.05, 3.63) is 113 Å². The van der Waals surface area contributed by atoms with Crippen LogP contribution in [0.4, 0.5) is 17.6 Å². The molecule has 3 aromatic carbocycles. The van der Waals surface area contributed by atoms with E-state index in [2.05, 4.69) is 10.3 Å². The van der Waals surface area contributed by atoms with E-state index >= 15 is 0 Å². The lowest BCUT2D eigenvalue weighted by Crippen LogP contribution is -2.41. The monoisotopic (exact) mass is 552 g/mol. The average Bonchev–Trinajstić information content (AvgIpc) is 3.27. The molecule has 1 N–H and O–H groups in total. The van der Waals surface area contributed by atoms with E-state index in [0.717, 1.165) is 17.6 Å². The number of hydrogen-bond donors (Lipinski definition) is 1. The molecule has 5 rings (SSSR count). The number of carbonyl (C=O) groups excluding carboxylic acids is 1. The second kappa shape index (κ2) is 9.81. The number of alkyl halides is 3. The largest absolute Gasteiger partial charge is 0.433 e. The van der Waals surface area contributed by atoms with Crippen LogP contribution in [-0.2, 0) is 11.7 Å².